The van der Waals surface area contributed by atoms with Crippen LogP contribution in [0.3, 0.4) is 0 Å². The van der Waals surface area contributed by atoms with Crippen LogP contribution < -0.4 is 21.1 Å². The van der Waals surface area contributed by atoms with E-state index in [4.69, 9.17) is 21.6 Å². The SMILES string of the molecule is CCC(=O)NC1CCC(n2c(=O)c(-c3ccccc3Cl)c(C)c3cnc(Nc4ccc(N5CCN(C)CC5)c(C)c4)nc32)CC1. The van der Waals surface area contributed by atoms with Crippen molar-refractivity contribution in [2.24, 2.45) is 0 Å². The molecule has 0 spiro atoms. The molecule has 1 amide bonds. The molecule has 1 aliphatic carbocycles. The summed E-state index contributed by atoms with van der Waals surface area (Å²) in [6.45, 7) is 10.1. The molecule has 0 bridgehead atoms. The first-order chi connectivity index (χ1) is 21.7. The van der Waals surface area contributed by atoms with Crippen LogP contribution in [0.2, 0.25) is 5.02 Å². The molecular formula is C35H42ClN7O2. The number of halogens is 1. The van der Waals surface area contributed by atoms with E-state index in [2.05, 4.69) is 52.6 Å². The fraction of sp³-hybridized carbons (Fsp3) is 0.429. The van der Waals surface area contributed by atoms with E-state index in [1.165, 1.54) is 11.3 Å². The second-order valence-electron chi connectivity index (χ2n) is 12.4. The zero-order chi connectivity index (χ0) is 31.7. The summed E-state index contributed by atoms with van der Waals surface area (Å²) in [7, 11) is 2.16. The highest BCUT2D eigenvalue weighted by molar-refractivity contribution is 6.33. The number of carbonyl (C=O) groups excluding carboxylic acids is 1. The number of carbonyl (C=O) groups is 1. The van der Waals surface area contributed by atoms with E-state index in [1.807, 2.05) is 48.9 Å². The van der Waals surface area contributed by atoms with Crippen LogP contribution in [-0.2, 0) is 4.79 Å². The Bertz CT molecular complexity index is 1770. The average molecular weight is 628 g/mol. The van der Waals surface area contributed by atoms with Gasteiger partial charge >= 0.3 is 0 Å². The molecule has 3 heterocycles. The maximum Gasteiger partial charge on any atom is 0.260 e. The summed E-state index contributed by atoms with van der Waals surface area (Å²) < 4.78 is 1.85. The van der Waals surface area contributed by atoms with E-state index >= 15 is 0 Å². The van der Waals surface area contributed by atoms with Crippen molar-refractivity contribution in [1.82, 2.24) is 24.8 Å². The molecule has 10 heteroatoms. The number of hydrogen-bond donors (Lipinski definition) is 2. The number of hydrogen-bond acceptors (Lipinski definition) is 7. The quantitative estimate of drug-likeness (QED) is 0.251. The van der Waals surface area contributed by atoms with Gasteiger partial charge in [0.25, 0.3) is 5.56 Å². The fourth-order valence-corrected chi connectivity index (χ4v) is 7.02. The van der Waals surface area contributed by atoms with E-state index in [-0.39, 0.29) is 23.6 Å². The second kappa shape index (κ2) is 13.2. The predicted molar refractivity (Wildman–Crippen MR) is 183 cm³/mol. The minimum atomic E-state index is -0.105. The molecule has 2 aromatic heterocycles. The molecule has 1 saturated carbocycles. The Morgan fingerprint density at radius 2 is 1.76 bits per heavy atom. The van der Waals surface area contributed by atoms with Crippen molar-refractivity contribution in [3.63, 3.8) is 0 Å². The molecule has 0 atom stereocenters. The second-order valence-corrected chi connectivity index (χ2v) is 12.8. The molecule has 236 valence electrons. The maximum absolute atomic E-state index is 14.4. The van der Waals surface area contributed by atoms with Crippen molar-refractivity contribution < 1.29 is 4.79 Å². The lowest BCUT2D eigenvalue weighted by molar-refractivity contribution is -0.121. The number of benzene rings is 2. The van der Waals surface area contributed by atoms with Crippen molar-refractivity contribution in [2.45, 2.75) is 65.0 Å². The number of amides is 1. The van der Waals surface area contributed by atoms with Gasteiger partial charge in [0.1, 0.15) is 5.65 Å². The van der Waals surface area contributed by atoms with Crippen LogP contribution in [0.1, 0.15) is 56.2 Å². The zero-order valence-corrected chi connectivity index (χ0v) is 27.3. The number of nitrogens with zero attached hydrogens (tertiary/aromatic N) is 5. The van der Waals surface area contributed by atoms with Crippen molar-refractivity contribution in [3.8, 4) is 11.1 Å². The number of anilines is 3. The molecule has 1 aliphatic heterocycles. The Morgan fingerprint density at radius 1 is 1.02 bits per heavy atom. The van der Waals surface area contributed by atoms with Crippen LogP contribution in [0.15, 0.2) is 53.5 Å². The third-order valence-corrected chi connectivity index (χ3v) is 9.73. The number of likely N-dealkylation sites (N-methyl/N-ethyl adjacent to an activating group) is 1. The molecule has 4 aromatic rings. The summed E-state index contributed by atoms with van der Waals surface area (Å²) in [5.74, 6) is 0.504. The van der Waals surface area contributed by atoms with Gasteiger partial charge < -0.3 is 20.4 Å². The third-order valence-electron chi connectivity index (χ3n) is 9.40. The first-order valence-corrected chi connectivity index (χ1v) is 16.4. The lowest BCUT2D eigenvalue weighted by Crippen LogP contribution is -2.44. The van der Waals surface area contributed by atoms with Gasteiger partial charge in [0.15, 0.2) is 0 Å². The number of aromatic nitrogens is 3. The van der Waals surface area contributed by atoms with E-state index in [9.17, 15) is 9.59 Å². The number of nitrogens with one attached hydrogen (secondary N) is 2. The molecule has 6 rings (SSSR count). The third kappa shape index (κ3) is 6.42. The minimum absolute atomic E-state index is 0.0627. The van der Waals surface area contributed by atoms with E-state index < -0.39 is 0 Å². The van der Waals surface area contributed by atoms with Crippen LogP contribution in [0.25, 0.3) is 22.2 Å². The highest BCUT2D eigenvalue weighted by Crippen LogP contribution is 2.35. The Kier molecular flexibility index (Phi) is 9.10. The Balaban J connectivity index is 1.37. The maximum atomic E-state index is 14.4. The van der Waals surface area contributed by atoms with Crippen LogP contribution in [-0.4, -0.2) is 64.6 Å². The summed E-state index contributed by atoms with van der Waals surface area (Å²) in [5, 5.41) is 7.88. The molecule has 9 nitrogen and oxygen atoms in total. The van der Waals surface area contributed by atoms with Gasteiger partial charge in [0.05, 0.1) is 5.56 Å². The molecule has 2 N–H and O–H groups in total. The van der Waals surface area contributed by atoms with Crippen LogP contribution in [0.5, 0.6) is 0 Å². The Labute approximate surface area is 269 Å². The van der Waals surface area contributed by atoms with Gasteiger partial charge in [-0.25, -0.2) is 4.98 Å². The number of pyridine rings is 1. The topological polar surface area (TPSA) is 95.4 Å². The molecule has 2 aliphatic rings. The van der Waals surface area contributed by atoms with Crippen molar-refractivity contribution >= 4 is 45.9 Å². The van der Waals surface area contributed by atoms with E-state index in [0.717, 1.165) is 68.5 Å². The molecule has 1 saturated heterocycles. The molecule has 45 heavy (non-hydrogen) atoms. The molecule has 2 aromatic carbocycles. The Hall–Kier alpha value is -3.95. The van der Waals surface area contributed by atoms with Crippen molar-refractivity contribution in [2.75, 3.05) is 43.4 Å². The number of aryl methyl sites for hydroxylation is 2. The van der Waals surface area contributed by atoms with Crippen LogP contribution in [0, 0.1) is 13.8 Å². The van der Waals surface area contributed by atoms with Gasteiger partial charge in [0, 0.05) is 78.2 Å². The summed E-state index contributed by atoms with van der Waals surface area (Å²) >= 11 is 6.63. The highest BCUT2D eigenvalue weighted by atomic mass is 35.5. The summed E-state index contributed by atoms with van der Waals surface area (Å²) in [6.07, 6.45) is 5.40. The van der Waals surface area contributed by atoms with Gasteiger partial charge in [0.2, 0.25) is 11.9 Å². The Morgan fingerprint density at radius 3 is 2.44 bits per heavy atom. The van der Waals surface area contributed by atoms with Gasteiger partial charge in [-0.15, -0.1) is 0 Å². The minimum Gasteiger partial charge on any atom is -0.369 e. The normalized spacial score (nSPS) is 19.1. The molecule has 0 radical (unpaired) electrons. The van der Waals surface area contributed by atoms with Crippen LogP contribution >= 0.6 is 11.6 Å². The predicted octanol–water partition coefficient (Wildman–Crippen LogP) is 6.23. The van der Waals surface area contributed by atoms with Gasteiger partial charge in [-0.2, -0.15) is 4.98 Å². The first kappa shape index (κ1) is 31.0. The van der Waals surface area contributed by atoms with E-state index in [1.54, 1.807) is 0 Å². The number of piperazine rings is 1. The van der Waals surface area contributed by atoms with Gasteiger partial charge in [-0.05, 0) is 82.0 Å². The number of rotatable bonds is 7. The summed E-state index contributed by atoms with van der Waals surface area (Å²) in [5.41, 5.74) is 5.93. The monoisotopic (exact) mass is 627 g/mol. The fourth-order valence-electron chi connectivity index (χ4n) is 6.79. The van der Waals surface area contributed by atoms with Gasteiger partial charge in [-0.3, -0.25) is 14.2 Å². The lowest BCUT2D eigenvalue weighted by atomic mass is 9.90. The average Bonchev–Trinajstić information content (AvgIpc) is 3.03. The standard InChI is InChI=1S/C35H42ClN7O2/c1-5-31(44)38-24-10-13-26(14-11-24)43-33-28(23(3)32(34(43)45)27-8-6-7-9-29(27)36)21-37-35(40-33)39-25-12-15-30(22(2)20-25)42-18-16-41(4)17-19-42/h6-9,12,15,20-21,24,26H,5,10-11,13-14,16-19H2,1-4H3,(H,38,44)(H,37,39,40). The smallest absolute Gasteiger partial charge is 0.260 e. The zero-order valence-electron chi connectivity index (χ0n) is 26.6. The lowest BCUT2D eigenvalue weighted by Gasteiger charge is -2.35. The first-order valence-electron chi connectivity index (χ1n) is 16.0. The van der Waals surface area contributed by atoms with Gasteiger partial charge in [-0.1, -0.05) is 36.7 Å². The summed E-state index contributed by atoms with van der Waals surface area (Å²) in [4.78, 5) is 40.9. The molecular weight excluding hydrogens is 586 g/mol. The van der Waals surface area contributed by atoms with Crippen molar-refractivity contribution in [1.29, 1.82) is 0 Å². The largest absolute Gasteiger partial charge is 0.369 e. The summed E-state index contributed by atoms with van der Waals surface area (Å²) in [6, 6.07) is 13.9. The van der Waals surface area contributed by atoms with E-state index in [0.29, 0.717) is 34.2 Å². The van der Waals surface area contributed by atoms with Crippen molar-refractivity contribution in [3.05, 3.63) is 75.2 Å². The number of fused-ring (bicyclic) bond motifs is 1. The van der Waals surface area contributed by atoms with Crippen LogP contribution in [0.4, 0.5) is 17.3 Å². The highest BCUT2D eigenvalue weighted by Gasteiger charge is 2.28. The molecule has 0 unspecified atom stereocenters. The molecule has 2 fully saturated rings.